The lowest BCUT2D eigenvalue weighted by Gasteiger charge is -2.39. The Balaban J connectivity index is 1.40. The Hall–Kier alpha value is -4.96. The number of fused-ring (bicyclic) bond motifs is 6. The van der Waals surface area contributed by atoms with Crippen LogP contribution in [0.5, 0.6) is 0 Å². The van der Waals surface area contributed by atoms with Crippen molar-refractivity contribution in [2.45, 2.75) is 105 Å². The SMILES string of the molecule is C=CC(=O)N1CC(OCC(C(=O)N[C@H]2Cc3nc(cs3)-c3ccc4c(c3)c(c(/C(C=C)=C(/N=C\C)[C@H](C)OC)n4CC)CC(C)(C)COC(=O)[C@@H]3CCCN(N3)C2=O)C(C)C)C1. The first-order chi connectivity index (χ1) is 29.6. The number of benzene rings is 1. The minimum Gasteiger partial charge on any atom is -0.464 e. The fraction of sp³-hybridized carbons (Fsp3) is 0.532. The van der Waals surface area contributed by atoms with E-state index in [2.05, 4.69) is 67.4 Å². The van der Waals surface area contributed by atoms with Crippen molar-refractivity contribution in [2.75, 3.05) is 40.0 Å². The van der Waals surface area contributed by atoms with Gasteiger partial charge in [0.2, 0.25) is 11.8 Å². The minimum atomic E-state index is -0.985. The third-order valence-corrected chi connectivity index (χ3v) is 12.9. The maximum atomic E-state index is 14.5. The van der Waals surface area contributed by atoms with Gasteiger partial charge in [-0.3, -0.25) is 29.2 Å². The highest BCUT2D eigenvalue weighted by molar-refractivity contribution is 7.10. The van der Waals surface area contributed by atoms with E-state index in [9.17, 15) is 19.2 Å². The summed E-state index contributed by atoms with van der Waals surface area (Å²) in [6, 6.07) is 4.61. The number of allylic oxidation sites excluding steroid dienone is 2. The standard InChI is InChI=1S/C47H63N7O7S/c1-11-32(42(48-13-3)29(7)59-10)43-34-22-47(8,9)27-61-46(58)36-16-15-19-54(51-36)45(57)37(50-44(56)35(28(5)6)25-60-31-23-52(24-31)41(55)12-2)21-40-49-38(26-62-40)30-17-18-39(33(34)20-30)53(43)14-4/h11-13,17-18,20,26,28-29,31,35-37,51H,1-2,14-16,19,21-25,27H2,3-10H3,(H,50,56)/b42-32+,48-13-/t29-,35?,36-,37-/m0/s1. The van der Waals surface area contributed by atoms with E-state index in [-0.39, 0.29) is 55.5 Å². The van der Waals surface area contributed by atoms with E-state index in [1.165, 1.54) is 22.4 Å². The molecule has 3 amide bonds. The molecule has 2 aromatic heterocycles. The number of carbonyl (C=O) groups excluding carboxylic acids is 4. The number of hydrogen-bond acceptors (Lipinski definition) is 11. The lowest BCUT2D eigenvalue weighted by atomic mass is 9.84. The van der Waals surface area contributed by atoms with Gasteiger partial charge in [0.25, 0.3) is 5.91 Å². The van der Waals surface area contributed by atoms with Crippen LogP contribution in [0.2, 0.25) is 0 Å². The molecule has 5 heterocycles. The molecule has 6 rings (SSSR count). The third-order valence-electron chi connectivity index (χ3n) is 12.1. The summed E-state index contributed by atoms with van der Waals surface area (Å²) in [7, 11) is 1.67. The van der Waals surface area contributed by atoms with E-state index in [1.54, 1.807) is 18.2 Å². The van der Waals surface area contributed by atoms with Gasteiger partial charge in [0, 0.05) is 78.8 Å². The molecule has 2 N–H and O–H groups in total. The number of rotatable bonds is 13. The number of aliphatic imine (C=N–C) groups is 1. The Morgan fingerprint density at radius 1 is 1.18 bits per heavy atom. The molecule has 2 fully saturated rings. The van der Waals surface area contributed by atoms with Gasteiger partial charge in [0.05, 0.1) is 53.4 Å². The molecule has 1 unspecified atom stereocenters. The molecule has 15 heteroatoms. The van der Waals surface area contributed by atoms with Gasteiger partial charge in [-0.2, -0.15) is 0 Å². The summed E-state index contributed by atoms with van der Waals surface area (Å²) in [4.78, 5) is 65.8. The first-order valence-corrected chi connectivity index (χ1v) is 22.6. The molecule has 3 aliphatic rings. The number of aryl methyl sites for hydroxylation is 1. The highest BCUT2D eigenvalue weighted by Gasteiger charge is 2.38. The van der Waals surface area contributed by atoms with Crippen molar-refractivity contribution in [3.05, 3.63) is 70.9 Å². The Labute approximate surface area is 369 Å². The van der Waals surface area contributed by atoms with Crippen molar-refractivity contribution >= 4 is 57.7 Å². The third kappa shape index (κ3) is 10.1. The van der Waals surface area contributed by atoms with Gasteiger partial charge in [0.1, 0.15) is 12.1 Å². The smallest absolute Gasteiger partial charge is 0.324 e. The Bertz CT molecular complexity index is 2230. The van der Waals surface area contributed by atoms with Gasteiger partial charge in [-0.1, -0.05) is 53.0 Å². The van der Waals surface area contributed by atoms with Crippen LogP contribution < -0.4 is 10.7 Å². The van der Waals surface area contributed by atoms with Gasteiger partial charge < -0.3 is 29.0 Å². The summed E-state index contributed by atoms with van der Waals surface area (Å²) in [5, 5.41) is 8.21. The molecule has 3 aromatic rings. The average Bonchev–Trinajstić information content (AvgIpc) is 3.83. The van der Waals surface area contributed by atoms with Crippen molar-refractivity contribution in [3.8, 4) is 11.3 Å². The zero-order valence-electron chi connectivity index (χ0n) is 37.5. The summed E-state index contributed by atoms with van der Waals surface area (Å²) >= 11 is 1.43. The molecule has 3 aliphatic heterocycles. The molecule has 0 radical (unpaired) electrons. The molecule has 0 spiro atoms. The second kappa shape index (κ2) is 20.0. The largest absolute Gasteiger partial charge is 0.464 e. The number of nitrogens with zero attached hydrogens (tertiary/aromatic N) is 5. The van der Waals surface area contributed by atoms with Crippen LogP contribution in [-0.2, 0) is 52.8 Å². The molecule has 14 nitrogen and oxygen atoms in total. The van der Waals surface area contributed by atoms with Crippen molar-refractivity contribution in [1.29, 1.82) is 0 Å². The lowest BCUT2D eigenvalue weighted by molar-refractivity contribution is -0.155. The fourth-order valence-corrected chi connectivity index (χ4v) is 9.27. The van der Waals surface area contributed by atoms with Crippen LogP contribution in [0.25, 0.3) is 27.7 Å². The average molecular weight is 870 g/mol. The Kier molecular flexibility index (Phi) is 15.0. The predicted molar refractivity (Wildman–Crippen MR) is 243 cm³/mol. The molecule has 0 saturated carbocycles. The van der Waals surface area contributed by atoms with Gasteiger partial charge in [-0.15, -0.1) is 11.3 Å². The molecule has 62 heavy (non-hydrogen) atoms. The number of nitrogens with one attached hydrogen (secondary N) is 2. The number of aromatic nitrogens is 2. The van der Waals surface area contributed by atoms with E-state index < -0.39 is 29.4 Å². The quantitative estimate of drug-likeness (QED) is 0.0892. The highest BCUT2D eigenvalue weighted by atomic mass is 32.1. The minimum absolute atomic E-state index is 0.103. The number of ether oxygens (including phenoxy) is 3. The number of cyclic esters (lactones) is 1. The van der Waals surface area contributed by atoms with Crippen molar-refractivity contribution in [2.24, 2.45) is 22.2 Å². The monoisotopic (exact) mass is 869 g/mol. The van der Waals surface area contributed by atoms with Crippen LogP contribution >= 0.6 is 11.3 Å². The molecular weight excluding hydrogens is 807 g/mol. The summed E-state index contributed by atoms with van der Waals surface area (Å²) in [6.45, 7) is 24.0. The maximum Gasteiger partial charge on any atom is 0.324 e. The Morgan fingerprint density at radius 2 is 1.94 bits per heavy atom. The van der Waals surface area contributed by atoms with E-state index in [4.69, 9.17) is 24.2 Å². The van der Waals surface area contributed by atoms with Gasteiger partial charge in [-0.25, -0.2) is 10.4 Å². The molecule has 1 aromatic carbocycles. The summed E-state index contributed by atoms with van der Waals surface area (Å²) in [5.41, 5.74) is 9.01. The number of esters is 1. The summed E-state index contributed by atoms with van der Waals surface area (Å²) < 4.78 is 20.3. The topological polar surface area (TPSA) is 157 Å². The number of hydrogen-bond donors (Lipinski definition) is 2. The van der Waals surface area contributed by atoms with E-state index in [0.29, 0.717) is 50.4 Å². The first-order valence-electron chi connectivity index (χ1n) is 21.7. The van der Waals surface area contributed by atoms with Crippen LogP contribution in [0.4, 0.5) is 0 Å². The lowest BCUT2D eigenvalue weighted by Crippen LogP contribution is -2.61. The normalized spacial score (nSPS) is 21.2. The number of methoxy groups -OCH3 is 1. The zero-order chi connectivity index (χ0) is 44.9. The number of carbonyl (C=O) groups is 4. The molecule has 6 bridgehead atoms. The predicted octanol–water partition coefficient (Wildman–Crippen LogP) is 6.14. The molecular formula is C47H63N7O7S. The molecule has 334 valence electrons. The van der Waals surface area contributed by atoms with Crippen molar-refractivity contribution in [1.82, 2.24) is 30.2 Å². The highest BCUT2D eigenvalue weighted by Crippen LogP contribution is 2.40. The maximum absolute atomic E-state index is 14.5. The summed E-state index contributed by atoms with van der Waals surface area (Å²) in [5.74, 6) is -1.95. The fourth-order valence-electron chi connectivity index (χ4n) is 8.42. The summed E-state index contributed by atoms with van der Waals surface area (Å²) in [6.07, 6.45) is 6.16. The van der Waals surface area contributed by atoms with Crippen LogP contribution in [0, 0.1) is 17.3 Å². The number of hydrazine groups is 1. The molecule has 2 saturated heterocycles. The van der Waals surface area contributed by atoms with Crippen LogP contribution in [0.15, 0.2) is 59.6 Å². The number of amides is 3. The van der Waals surface area contributed by atoms with Gasteiger partial charge >= 0.3 is 5.97 Å². The van der Waals surface area contributed by atoms with E-state index in [1.807, 2.05) is 39.2 Å². The van der Waals surface area contributed by atoms with Gasteiger partial charge in [0.15, 0.2) is 0 Å². The van der Waals surface area contributed by atoms with E-state index in [0.717, 1.165) is 44.7 Å². The van der Waals surface area contributed by atoms with Crippen LogP contribution in [0.1, 0.15) is 77.6 Å². The second-order valence-electron chi connectivity index (χ2n) is 17.5. The second-order valence-corrected chi connectivity index (χ2v) is 18.4. The zero-order valence-corrected chi connectivity index (χ0v) is 38.3. The number of likely N-dealkylation sites (tertiary alicyclic amines) is 1. The van der Waals surface area contributed by atoms with Gasteiger partial charge in [-0.05, 0) is 69.7 Å². The van der Waals surface area contributed by atoms with Crippen LogP contribution in [-0.4, -0.2) is 114 Å². The Morgan fingerprint density at radius 3 is 2.60 bits per heavy atom. The molecule has 0 aliphatic carbocycles. The van der Waals surface area contributed by atoms with Crippen LogP contribution in [0.3, 0.4) is 0 Å². The van der Waals surface area contributed by atoms with Crippen molar-refractivity contribution in [3.63, 3.8) is 0 Å². The van der Waals surface area contributed by atoms with E-state index >= 15 is 0 Å². The van der Waals surface area contributed by atoms with Crippen molar-refractivity contribution < 1.29 is 33.4 Å². The number of thiazole rings is 1. The molecule has 4 atom stereocenters. The first kappa shape index (κ1) is 46.5.